The molecule has 0 spiro atoms. The molecule has 464 valence electrons. The van der Waals surface area contributed by atoms with E-state index < -0.39 is 0 Å². The van der Waals surface area contributed by atoms with Crippen LogP contribution < -0.4 is 0 Å². The molecule has 0 amide bonds. The fourth-order valence-electron chi connectivity index (χ4n) is 9.89. The van der Waals surface area contributed by atoms with Gasteiger partial charge < -0.3 is 42.6 Å². The Morgan fingerprint density at radius 1 is 0.316 bits per heavy atom. The van der Waals surface area contributed by atoms with Crippen LogP contribution in [-0.4, -0.2) is 110 Å². The normalized spacial score (nSPS) is 12.1. The van der Waals surface area contributed by atoms with Crippen molar-refractivity contribution in [1.29, 1.82) is 0 Å². The fraction of sp³-hybridized carbons (Fsp3) is 0.882. The van der Waals surface area contributed by atoms with Gasteiger partial charge in [0, 0.05) is 26.1 Å². The first kappa shape index (κ1) is 74.9. The van der Waals surface area contributed by atoms with Gasteiger partial charge in [0.1, 0.15) is 18.3 Å². The van der Waals surface area contributed by atoms with E-state index in [9.17, 15) is 9.59 Å². The SMILES string of the molecule is CCCCCCCCC(CCCCCCCC)OC(=O)CCCCCCCOC[C@H](COCCOCCOCCOCCOCc1ccccc1)OCCCCCCCC(=O)OC(CCCCCCCC)CCCCCCCC. The van der Waals surface area contributed by atoms with E-state index in [1.54, 1.807) is 0 Å². The highest BCUT2D eigenvalue weighted by Gasteiger charge is 2.17. The first-order valence-corrected chi connectivity index (χ1v) is 33.5. The van der Waals surface area contributed by atoms with E-state index in [1.807, 2.05) is 18.2 Å². The van der Waals surface area contributed by atoms with Crippen molar-refractivity contribution >= 4 is 11.9 Å². The average molecular weight is 1120 g/mol. The summed E-state index contributed by atoms with van der Waals surface area (Å²) >= 11 is 0. The van der Waals surface area contributed by atoms with E-state index in [0.29, 0.717) is 98.7 Å². The highest BCUT2D eigenvalue weighted by Crippen LogP contribution is 2.21. The second kappa shape index (κ2) is 61.9. The minimum absolute atomic E-state index is 0.00797. The lowest BCUT2D eigenvalue weighted by molar-refractivity contribution is -0.151. The van der Waals surface area contributed by atoms with Crippen LogP contribution in [0.15, 0.2) is 30.3 Å². The van der Waals surface area contributed by atoms with Gasteiger partial charge in [-0.05, 0) is 82.6 Å². The van der Waals surface area contributed by atoms with Gasteiger partial charge in [0.05, 0.1) is 72.7 Å². The lowest BCUT2D eigenvalue weighted by Crippen LogP contribution is -2.27. The molecule has 0 unspecified atom stereocenters. The largest absolute Gasteiger partial charge is 0.462 e. The van der Waals surface area contributed by atoms with Crippen LogP contribution in [-0.2, 0) is 58.8 Å². The van der Waals surface area contributed by atoms with Gasteiger partial charge in [-0.2, -0.15) is 0 Å². The number of rotatable bonds is 65. The number of ether oxygens (including phenoxy) is 9. The fourth-order valence-corrected chi connectivity index (χ4v) is 9.89. The molecule has 1 rings (SSSR count). The zero-order chi connectivity index (χ0) is 56.8. The summed E-state index contributed by atoms with van der Waals surface area (Å²) in [6, 6.07) is 10.1. The van der Waals surface area contributed by atoms with Gasteiger partial charge in [-0.25, -0.2) is 0 Å². The number of benzene rings is 1. The van der Waals surface area contributed by atoms with Gasteiger partial charge in [-0.1, -0.05) is 225 Å². The molecule has 0 aliphatic heterocycles. The molecule has 0 aliphatic carbocycles. The monoisotopic (exact) mass is 1120 g/mol. The summed E-state index contributed by atoms with van der Waals surface area (Å²) in [5.74, 6) is -0.0191. The van der Waals surface area contributed by atoms with Crippen molar-refractivity contribution in [3.63, 3.8) is 0 Å². The molecule has 0 saturated carbocycles. The van der Waals surface area contributed by atoms with E-state index in [1.165, 1.54) is 128 Å². The molecule has 0 aliphatic rings. The smallest absolute Gasteiger partial charge is 0.306 e. The van der Waals surface area contributed by atoms with E-state index in [0.717, 1.165) is 121 Å². The lowest BCUT2D eigenvalue weighted by Gasteiger charge is -2.19. The molecule has 0 saturated heterocycles. The Kier molecular flexibility index (Phi) is 58.7. The maximum Gasteiger partial charge on any atom is 0.306 e. The first-order valence-electron chi connectivity index (χ1n) is 33.5. The second-order valence-electron chi connectivity index (χ2n) is 22.5. The summed E-state index contributed by atoms with van der Waals surface area (Å²) in [6.07, 6.45) is 45.6. The van der Waals surface area contributed by atoms with E-state index in [2.05, 4.69) is 39.8 Å². The van der Waals surface area contributed by atoms with Crippen molar-refractivity contribution in [1.82, 2.24) is 0 Å². The van der Waals surface area contributed by atoms with Gasteiger partial charge in [-0.15, -0.1) is 0 Å². The number of esters is 2. The summed E-state index contributed by atoms with van der Waals surface area (Å²) in [4.78, 5) is 25.8. The number of hydrogen-bond acceptors (Lipinski definition) is 11. The number of carbonyl (C=O) groups excluding carboxylic acids is 2. The minimum Gasteiger partial charge on any atom is -0.462 e. The van der Waals surface area contributed by atoms with Crippen LogP contribution in [0.3, 0.4) is 0 Å². The molecule has 11 heteroatoms. The Morgan fingerprint density at radius 3 is 1.04 bits per heavy atom. The van der Waals surface area contributed by atoms with Crippen molar-refractivity contribution in [2.45, 2.75) is 309 Å². The number of hydrogen-bond donors (Lipinski definition) is 0. The maximum atomic E-state index is 12.9. The Morgan fingerprint density at radius 2 is 0.633 bits per heavy atom. The third-order valence-electron chi connectivity index (χ3n) is 14.9. The molecule has 1 aromatic carbocycles. The number of carbonyl (C=O) groups is 2. The highest BCUT2D eigenvalue weighted by atomic mass is 16.6. The molecule has 79 heavy (non-hydrogen) atoms. The third kappa shape index (κ3) is 54.9. The van der Waals surface area contributed by atoms with Gasteiger partial charge >= 0.3 is 11.9 Å². The third-order valence-corrected chi connectivity index (χ3v) is 14.9. The van der Waals surface area contributed by atoms with Crippen LogP contribution in [0.25, 0.3) is 0 Å². The van der Waals surface area contributed by atoms with Gasteiger partial charge in [0.25, 0.3) is 0 Å². The van der Waals surface area contributed by atoms with Crippen LogP contribution in [0.2, 0.25) is 0 Å². The quantitative estimate of drug-likeness (QED) is 0.0458. The summed E-state index contributed by atoms with van der Waals surface area (Å²) in [5.41, 5.74) is 1.16. The molecule has 0 radical (unpaired) electrons. The van der Waals surface area contributed by atoms with Crippen LogP contribution in [0.5, 0.6) is 0 Å². The van der Waals surface area contributed by atoms with Crippen molar-refractivity contribution in [2.24, 2.45) is 0 Å². The molecule has 0 bridgehead atoms. The standard InChI is InChI=1S/C68H126O11/c1-5-9-13-17-23-34-44-64(45-35-24-18-14-10-6-2)78-67(69)48-38-27-21-29-40-50-74-61-66(62-76-59-57-73-55-53-71-52-54-72-56-58-75-60-63-42-32-31-33-43-63)77-51-41-30-22-28-39-49-68(70)79-65(46-36-25-19-15-11-7-3)47-37-26-20-16-12-8-4/h31-33,42-43,64-66H,5-30,34-41,44-62H2,1-4H3/t66-/m1/s1. The Labute approximate surface area is 486 Å². The predicted molar refractivity (Wildman–Crippen MR) is 327 cm³/mol. The molecule has 1 aromatic rings. The van der Waals surface area contributed by atoms with Crippen LogP contribution in [0.1, 0.15) is 290 Å². The molecule has 0 aromatic heterocycles. The Balaban J connectivity index is 2.40. The number of unbranched alkanes of at least 4 members (excludes halogenated alkanes) is 28. The zero-order valence-electron chi connectivity index (χ0n) is 52.1. The molecular weight excluding hydrogens is 993 g/mol. The topological polar surface area (TPSA) is 117 Å². The van der Waals surface area contributed by atoms with Gasteiger partial charge in [0.15, 0.2) is 0 Å². The predicted octanol–water partition coefficient (Wildman–Crippen LogP) is 18.2. The van der Waals surface area contributed by atoms with Crippen molar-refractivity contribution in [2.75, 3.05) is 79.3 Å². The molecule has 11 nitrogen and oxygen atoms in total. The minimum atomic E-state index is -0.153. The molecule has 0 N–H and O–H groups in total. The summed E-state index contributed by atoms with van der Waals surface area (Å²) < 4.78 is 53.3. The Bertz CT molecular complexity index is 1330. The van der Waals surface area contributed by atoms with E-state index >= 15 is 0 Å². The molecule has 1 atom stereocenters. The molecular formula is C68H126O11. The highest BCUT2D eigenvalue weighted by molar-refractivity contribution is 5.69. The molecule has 0 heterocycles. The van der Waals surface area contributed by atoms with E-state index in [-0.39, 0.29) is 30.3 Å². The summed E-state index contributed by atoms with van der Waals surface area (Å²) in [5, 5.41) is 0. The van der Waals surface area contributed by atoms with Crippen molar-refractivity contribution in [3.8, 4) is 0 Å². The summed E-state index contributed by atoms with van der Waals surface area (Å²) in [7, 11) is 0. The van der Waals surface area contributed by atoms with Crippen LogP contribution in [0, 0.1) is 0 Å². The Hall–Kier alpha value is -2.12. The lowest BCUT2D eigenvalue weighted by atomic mass is 10.0. The first-order chi connectivity index (χ1) is 39.0. The van der Waals surface area contributed by atoms with Crippen LogP contribution >= 0.6 is 0 Å². The van der Waals surface area contributed by atoms with Gasteiger partial charge in [-0.3, -0.25) is 9.59 Å². The summed E-state index contributed by atoms with van der Waals surface area (Å²) in [6.45, 7) is 16.0. The van der Waals surface area contributed by atoms with E-state index in [4.69, 9.17) is 42.6 Å². The van der Waals surface area contributed by atoms with Crippen LogP contribution in [0.4, 0.5) is 0 Å². The second-order valence-corrected chi connectivity index (χ2v) is 22.5. The average Bonchev–Trinajstić information content (AvgIpc) is 3.45. The maximum absolute atomic E-state index is 12.9. The van der Waals surface area contributed by atoms with Gasteiger partial charge in [0.2, 0.25) is 0 Å². The molecule has 0 fully saturated rings. The zero-order valence-corrected chi connectivity index (χ0v) is 52.1. The van der Waals surface area contributed by atoms with Crippen molar-refractivity contribution < 1.29 is 52.2 Å². The van der Waals surface area contributed by atoms with Crippen molar-refractivity contribution in [3.05, 3.63) is 35.9 Å².